The molecule has 0 saturated carbocycles. The molecule has 2 aliphatic rings. The number of ether oxygens (including phenoxy) is 3. The number of aryl methyl sites for hydroxylation is 1. The van der Waals surface area contributed by atoms with Crippen molar-refractivity contribution in [2.45, 2.75) is 26.0 Å². The maximum absolute atomic E-state index is 12.9. The smallest absolute Gasteiger partial charge is 0.263 e. The molecule has 8 nitrogen and oxygen atoms in total. The lowest BCUT2D eigenvalue weighted by atomic mass is 10.1. The number of anilines is 1. The Kier molecular flexibility index (Phi) is 5.23. The Hall–Kier alpha value is -2.94. The average molecular weight is 432 g/mol. The first-order valence-electron chi connectivity index (χ1n) is 9.67. The van der Waals surface area contributed by atoms with Crippen LogP contribution < -0.4 is 23.8 Å². The zero-order valence-corrected chi connectivity index (χ0v) is 17.9. The van der Waals surface area contributed by atoms with E-state index in [0.717, 1.165) is 17.4 Å². The van der Waals surface area contributed by atoms with Crippen LogP contribution in [-0.2, 0) is 14.8 Å². The van der Waals surface area contributed by atoms with Crippen LogP contribution in [0.4, 0.5) is 5.69 Å². The van der Waals surface area contributed by atoms with Crippen LogP contribution in [0.2, 0.25) is 0 Å². The number of nitrogens with one attached hydrogen (secondary N) is 1. The first kappa shape index (κ1) is 20.3. The summed E-state index contributed by atoms with van der Waals surface area (Å²) in [5.74, 6) is 1.29. The van der Waals surface area contributed by atoms with E-state index in [0.29, 0.717) is 36.1 Å². The predicted molar refractivity (Wildman–Crippen MR) is 112 cm³/mol. The summed E-state index contributed by atoms with van der Waals surface area (Å²) in [6, 6.07) is 10.4. The van der Waals surface area contributed by atoms with Gasteiger partial charge in [-0.25, -0.2) is 8.42 Å². The number of hydrogen-bond donors (Lipinski definition) is 1. The third kappa shape index (κ3) is 4.02. The van der Waals surface area contributed by atoms with E-state index in [1.807, 2.05) is 38.1 Å². The van der Waals surface area contributed by atoms with Crippen LogP contribution in [0.3, 0.4) is 0 Å². The molecule has 0 radical (unpaired) electrons. The minimum absolute atomic E-state index is 0.0883. The summed E-state index contributed by atoms with van der Waals surface area (Å²) < 4.78 is 42.8. The molecule has 0 saturated heterocycles. The van der Waals surface area contributed by atoms with E-state index in [-0.39, 0.29) is 12.6 Å². The van der Waals surface area contributed by atoms with Crippen LogP contribution in [0.5, 0.6) is 17.2 Å². The maximum atomic E-state index is 12.9. The second kappa shape index (κ2) is 7.71. The molecule has 1 N–H and O–H groups in total. The van der Waals surface area contributed by atoms with Gasteiger partial charge in [0.05, 0.1) is 24.5 Å². The Morgan fingerprint density at radius 3 is 2.53 bits per heavy atom. The van der Waals surface area contributed by atoms with Gasteiger partial charge in [0.15, 0.2) is 17.6 Å². The fourth-order valence-electron chi connectivity index (χ4n) is 3.53. The van der Waals surface area contributed by atoms with E-state index < -0.39 is 22.0 Å². The van der Waals surface area contributed by atoms with Crippen molar-refractivity contribution in [1.82, 2.24) is 5.32 Å². The van der Waals surface area contributed by atoms with Crippen LogP contribution >= 0.6 is 0 Å². The standard InChI is InChI=1S/C21H24N2O6S/c1-13-4-6-17-16(10-13)23(30(3,25)26)12-20(29-17)21(24)22-14(2)15-5-7-18-19(11-15)28-9-8-27-18/h4-7,10-11,14,20H,8-9,12H2,1-3H3,(H,22,24). The number of amides is 1. The fraction of sp³-hybridized carbons (Fsp3) is 0.381. The monoisotopic (exact) mass is 432 g/mol. The largest absolute Gasteiger partial charge is 0.486 e. The SMILES string of the molecule is Cc1ccc2c(c1)N(S(C)(=O)=O)CC(C(=O)NC(C)c1ccc3c(c1)OCCO3)O2. The highest BCUT2D eigenvalue weighted by Gasteiger charge is 2.35. The number of carbonyl (C=O) groups is 1. The molecule has 0 fully saturated rings. The Morgan fingerprint density at radius 1 is 1.10 bits per heavy atom. The van der Waals surface area contributed by atoms with Gasteiger partial charge in [0, 0.05) is 0 Å². The lowest BCUT2D eigenvalue weighted by molar-refractivity contribution is -0.128. The molecule has 2 unspecified atom stereocenters. The number of rotatable bonds is 4. The van der Waals surface area contributed by atoms with Crippen molar-refractivity contribution >= 4 is 21.6 Å². The highest BCUT2D eigenvalue weighted by atomic mass is 32.2. The number of carbonyl (C=O) groups excluding carboxylic acids is 1. The molecule has 4 rings (SSSR count). The number of hydrogen-bond acceptors (Lipinski definition) is 6. The second-order valence-electron chi connectivity index (χ2n) is 7.51. The molecule has 0 aromatic heterocycles. The molecule has 2 atom stereocenters. The van der Waals surface area contributed by atoms with Crippen LogP contribution in [0, 0.1) is 6.92 Å². The van der Waals surface area contributed by atoms with Gasteiger partial charge in [-0.15, -0.1) is 0 Å². The summed E-state index contributed by atoms with van der Waals surface area (Å²) in [6.07, 6.45) is 0.159. The van der Waals surface area contributed by atoms with Gasteiger partial charge in [0.2, 0.25) is 10.0 Å². The van der Waals surface area contributed by atoms with E-state index in [2.05, 4.69) is 5.32 Å². The van der Waals surface area contributed by atoms with Crippen LogP contribution in [-0.4, -0.2) is 46.4 Å². The Balaban J connectivity index is 1.53. The van der Waals surface area contributed by atoms with Crippen molar-refractivity contribution in [3.63, 3.8) is 0 Å². The van der Waals surface area contributed by atoms with Gasteiger partial charge >= 0.3 is 0 Å². The highest BCUT2D eigenvalue weighted by Crippen LogP contribution is 2.36. The molecular weight excluding hydrogens is 408 g/mol. The van der Waals surface area contributed by atoms with Crippen molar-refractivity contribution in [3.8, 4) is 17.2 Å². The first-order valence-corrected chi connectivity index (χ1v) is 11.5. The van der Waals surface area contributed by atoms with E-state index in [4.69, 9.17) is 14.2 Å². The summed E-state index contributed by atoms with van der Waals surface area (Å²) in [5, 5.41) is 2.91. The number of benzene rings is 2. The van der Waals surface area contributed by atoms with Gasteiger partial charge in [0.1, 0.15) is 19.0 Å². The molecule has 2 aliphatic heterocycles. The third-order valence-corrected chi connectivity index (χ3v) is 6.25. The zero-order valence-electron chi connectivity index (χ0n) is 17.0. The lowest BCUT2D eigenvalue weighted by Crippen LogP contribution is -2.50. The van der Waals surface area contributed by atoms with Gasteiger partial charge in [-0.3, -0.25) is 9.10 Å². The van der Waals surface area contributed by atoms with E-state index in [1.165, 1.54) is 4.31 Å². The van der Waals surface area contributed by atoms with Crippen LogP contribution in [0.15, 0.2) is 36.4 Å². The van der Waals surface area contributed by atoms with Gasteiger partial charge in [0.25, 0.3) is 5.91 Å². The summed E-state index contributed by atoms with van der Waals surface area (Å²) in [7, 11) is -3.57. The molecule has 2 aromatic rings. The van der Waals surface area contributed by atoms with E-state index >= 15 is 0 Å². The van der Waals surface area contributed by atoms with Crippen LogP contribution in [0.1, 0.15) is 24.1 Å². The van der Waals surface area contributed by atoms with Gasteiger partial charge in [-0.05, 0) is 49.2 Å². The molecule has 30 heavy (non-hydrogen) atoms. The van der Waals surface area contributed by atoms with Gasteiger partial charge in [-0.1, -0.05) is 12.1 Å². The summed E-state index contributed by atoms with van der Waals surface area (Å²) in [5.41, 5.74) is 2.20. The Bertz CT molecular complexity index is 1080. The molecule has 0 spiro atoms. The minimum Gasteiger partial charge on any atom is -0.486 e. The lowest BCUT2D eigenvalue weighted by Gasteiger charge is -2.34. The highest BCUT2D eigenvalue weighted by molar-refractivity contribution is 7.92. The number of nitrogens with zero attached hydrogens (tertiary/aromatic N) is 1. The summed E-state index contributed by atoms with van der Waals surface area (Å²) in [6.45, 7) is 4.62. The molecule has 9 heteroatoms. The number of sulfonamides is 1. The molecular formula is C21H24N2O6S. The summed E-state index contributed by atoms with van der Waals surface area (Å²) >= 11 is 0. The van der Waals surface area contributed by atoms with E-state index in [9.17, 15) is 13.2 Å². The van der Waals surface area contributed by atoms with Crippen molar-refractivity contribution in [2.24, 2.45) is 0 Å². The average Bonchev–Trinajstić information content (AvgIpc) is 2.71. The Morgan fingerprint density at radius 2 is 1.80 bits per heavy atom. The summed E-state index contributed by atoms with van der Waals surface area (Å²) in [4.78, 5) is 12.9. The molecule has 160 valence electrons. The molecule has 2 aromatic carbocycles. The molecule has 1 amide bonds. The Labute approximate surface area is 175 Å². The van der Waals surface area contributed by atoms with Crippen LogP contribution in [0.25, 0.3) is 0 Å². The molecule has 0 aliphatic carbocycles. The van der Waals surface area contributed by atoms with Crippen molar-refractivity contribution < 1.29 is 27.4 Å². The molecule has 0 bridgehead atoms. The number of fused-ring (bicyclic) bond motifs is 2. The first-order chi connectivity index (χ1) is 14.2. The molecule has 2 heterocycles. The topological polar surface area (TPSA) is 94.2 Å². The van der Waals surface area contributed by atoms with E-state index in [1.54, 1.807) is 12.1 Å². The fourth-order valence-corrected chi connectivity index (χ4v) is 4.44. The normalized spacial score (nSPS) is 18.8. The maximum Gasteiger partial charge on any atom is 0.263 e. The van der Waals surface area contributed by atoms with Crippen molar-refractivity contribution in [3.05, 3.63) is 47.5 Å². The predicted octanol–water partition coefficient (Wildman–Crippen LogP) is 2.17. The zero-order chi connectivity index (χ0) is 21.5. The third-order valence-electron chi connectivity index (χ3n) is 5.10. The van der Waals surface area contributed by atoms with Gasteiger partial charge < -0.3 is 19.5 Å². The van der Waals surface area contributed by atoms with Crippen molar-refractivity contribution in [2.75, 3.05) is 30.3 Å². The van der Waals surface area contributed by atoms with Gasteiger partial charge in [-0.2, -0.15) is 0 Å². The minimum atomic E-state index is -3.57. The second-order valence-corrected chi connectivity index (χ2v) is 9.41. The quantitative estimate of drug-likeness (QED) is 0.796. The van der Waals surface area contributed by atoms with Crippen molar-refractivity contribution in [1.29, 1.82) is 0 Å².